The fourth-order valence-corrected chi connectivity index (χ4v) is 4.49. The molecule has 0 spiro atoms. The van der Waals surface area contributed by atoms with Gasteiger partial charge in [-0.1, -0.05) is 17.7 Å². The summed E-state index contributed by atoms with van der Waals surface area (Å²) in [5, 5.41) is 9.87. The first-order valence-electron chi connectivity index (χ1n) is 10.3. The third-order valence-corrected chi connectivity index (χ3v) is 6.05. The smallest absolute Gasteiger partial charge is 0.335 e. The number of carboxylic acids is 1. The molecule has 1 saturated heterocycles. The minimum Gasteiger partial charge on any atom is -0.492 e. The Morgan fingerprint density at radius 3 is 2.70 bits per heavy atom. The van der Waals surface area contributed by atoms with Gasteiger partial charge in [-0.3, -0.25) is 4.90 Å². The molecule has 7 heteroatoms. The lowest BCUT2D eigenvalue weighted by molar-refractivity contribution is 0.0697. The largest absolute Gasteiger partial charge is 0.492 e. The molecule has 158 valence electrons. The normalized spacial score (nSPS) is 15.6. The van der Waals surface area contributed by atoms with Crippen molar-refractivity contribution in [2.45, 2.75) is 39.3 Å². The first kappa shape index (κ1) is 20.7. The van der Waals surface area contributed by atoms with E-state index in [-0.39, 0.29) is 5.56 Å². The van der Waals surface area contributed by atoms with Crippen LogP contribution in [0.2, 0.25) is 5.02 Å². The Morgan fingerprint density at radius 2 is 2.00 bits per heavy atom. The maximum atomic E-state index is 11.2. The first-order valence-corrected chi connectivity index (χ1v) is 10.7. The van der Waals surface area contributed by atoms with E-state index in [1.54, 1.807) is 12.1 Å². The third-order valence-electron chi connectivity index (χ3n) is 5.74. The highest BCUT2D eigenvalue weighted by Crippen LogP contribution is 2.31. The zero-order valence-electron chi connectivity index (χ0n) is 17.3. The summed E-state index contributed by atoms with van der Waals surface area (Å²) in [5.41, 5.74) is 3.23. The van der Waals surface area contributed by atoms with Crippen LogP contribution in [0.4, 0.5) is 0 Å². The standard InChI is InChI=1S/C23H26ClN3O3/c1-3-30-22-12-16(4-6-19(22)24)14-26-10-8-18(9-11-26)27-15(2)25-20-13-17(23(28)29)5-7-21(20)27/h4-7,12-13,18H,3,8-11,14H2,1-2H3,(H,28,29). The van der Waals surface area contributed by atoms with Crippen LogP contribution in [0.15, 0.2) is 36.4 Å². The minimum absolute atomic E-state index is 0.274. The zero-order valence-corrected chi connectivity index (χ0v) is 18.0. The summed E-state index contributed by atoms with van der Waals surface area (Å²) in [6, 6.07) is 11.6. The van der Waals surface area contributed by atoms with Gasteiger partial charge in [-0.05, 0) is 62.6 Å². The second-order valence-electron chi connectivity index (χ2n) is 7.74. The van der Waals surface area contributed by atoms with Gasteiger partial charge in [0.05, 0.1) is 28.2 Å². The van der Waals surface area contributed by atoms with Crippen LogP contribution < -0.4 is 4.74 Å². The molecule has 1 aliphatic rings. The van der Waals surface area contributed by atoms with Crippen LogP contribution in [0.5, 0.6) is 5.75 Å². The second kappa shape index (κ2) is 8.66. The van der Waals surface area contributed by atoms with Crippen LogP contribution in [0.3, 0.4) is 0 Å². The van der Waals surface area contributed by atoms with E-state index >= 15 is 0 Å². The maximum Gasteiger partial charge on any atom is 0.335 e. The number of carboxylic acid groups (broad SMARTS) is 1. The van der Waals surface area contributed by atoms with Crippen LogP contribution in [0.1, 0.15) is 47.6 Å². The fourth-order valence-electron chi connectivity index (χ4n) is 4.32. The molecule has 0 saturated carbocycles. The van der Waals surface area contributed by atoms with Crippen LogP contribution in [0, 0.1) is 6.92 Å². The summed E-state index contributed by atoms with van der Waals surface area (Å²) >= 11 is 6.20. The molecule has 0 amide bonds. The van der Waals surface area contributed by atoms with Crippen molar-refractivity contribution in [3.8, 4) is 5.75 Å². The average Bonchev–Trinajstić information content (AvgIpc) is 3.06. The molecule has 0 aliphatic carbocycles. The van der Waals surface area contributed by atoms with E-state index in [0.29, 0.717) is 17.7 Å². The number of rotatable bonds is 6. The first-order chi connectivity index (χ1) is 14.5. The van der Waals surface area contributed by atoms with Crippen molar-refractivity contribution >= 4 is 28.6 Å². The Labute approximate surface area is 181 Å². The summed E-state index contributed by atoms with van der Waals surface area (Å²) in [4.78, 5) is 18.3. The molecule has 3 aromatic rings. The number of aromatic carboxylic acids is 1. The maximum absolute atomic E-state index is 11.2. The van der Waals surface area contributed by atoms with E-state index in [0.717, 1.165) is 55.1 Å². The van der Waals surface area contributed by atoms with Crippen LogP contribution in [-0.2, 0) is 6.54 Å². The van der Waals surface area contributed by atoms with Crippen LogP contribution in [0.25, 0.3) is 11.0 Å². The summed E-state index contributed by atoms with van der Waals surface area (Å²) in [7, 11) is 0. The van der Waals surface area contributed by atoms with E-state index in [4.69, 9.17) is 16.3 Å². The molecular weight excluding hydrogens is 402 g/mol. The Kier molecular flexibility index (Phi) is 5.97. The lowest BCUT2D eigenvalue weighted by Gasteiger charge is -2.33. The molecule has 2 heterocycles. The number of carbonyl (C=O) groups is 1. The van der Waals surface area contributed by atoms with Crippen molar-refractivity contribution in [3.63, 3.8) is 0 Å². The van der Waals surface area contributed by atoms with Gasteiger partial charge in [0.2, 0.25) is 0 Å². The Morgan fingerprint density at radius 1 is 1.23 bits per heavy atom. The highest BCUT2D eigenvalue weighted by molar-refractivity contribution is 6.32. The lowest BCUT2D eigenvalue weighted by Crippen LogP contribution is -2.34. The predicted octanol–water partition coefficient (Wildman–Crippen LogP) is 4.93. The molecule has 30 heavy (non-hydrogen) atoms. The number of ether oxygens (including phenoxy) is 1. The lowest BCUT2D eigenvalue weighted by atomic mass is 10.0. The van der Waals surface area contributed by atoms with Gasteiger partial charge in [0.25, 0.3) is 0 Å². The van der Waals surface area contributed by atoms with E-state index in [2.05, 4.69) is 20.5 Å². The summed E-state index contributed by atoms with van der Waals surface area (Å²) < 4.78 is 7.88. The molecule has 1 aliphatic heterocycles. The third kappa shape index (κ3) is 4.16. The number of aromatic nitrogens is 2. The van der Waals surface area contributed by atoms with E-state index < -0.39 is 5.97 Å². The summed E-state index contributed by atoms with van der Waals surface area (Å²) in [5.74, 6) is 0.755. The second-order valence-corrected chi connectivity index (χ2v) is 8.15. The topological polar surface area (TPSA) is 67.6 Å². The molecule has 0 bridgehead atoms. The van der Waals surface area contributed by atoms with Crippen LogP contribution in [-0.4, -0.2) is 45.2 Å². The molecule has 2 aromatic carbocycles. The molecule has 0 unspecified atom stereocenters. The molecular formula is C23H26ClN3O3. The summed E-state index contributed by atoms with van der Waals surface area (Å²) in [6.45, 7) is 7.40. The number of fused-ring (bicyclic) bond motifs is 1. The quantitative estimate of drug-likeness (QED) is 0.604. The average molecular weight is 428 g/mol. The number of aryl methyl sites for hydroxylation is 1. The van der Waals surface area contributed by atoms with Crippen molar-refractivity contribution in [3.05, 3.63) is 58.4 Å². The van der Waals surface area contributed by atoms with Crippen molar-refractivity contribution in [1.29, 1.82) is 0 Å². The number of halogens is 1. The van der Waals surface area contributed by atoms with Gasteiger partial charge >= 0.3 is 5.97 Å². The van der Waals surface area contributed by atoms with Gasteiger partial charge in [0.15, 0.2) is 0 Å². The molecule has 6 nitrogen and oxygen atoms in total. The zero-order chi connectivity index (χ0) is 21.3. The number of nitrogens with zero attached hydrogens (tertiary/aromatic N) is 3. The number of benzene rings is 2. The molecule has 1 N–H and O–H groups in total. The van der Waals surface area contributed by atoms with E-state index in [1.807, 2.05) is 32.0 Å². The Bertz CT molecular complexity index is 1070. The van der Waals surface area contributed by atoms with Gasteiger partial charge < -0.3 is 14.4 Å². The number of piperidine rings is 1. The fraction of sp³-hybridized carbons (Fsp3) is 0.391. The van der Waals surface area contributed by atoms with Crippen molar-refractivity contribution in [2.75, 3.05) is 19.7 Å². The summed E-state index contributed by atoms with van der Waals surface area (Å²) in [6.07, 6.45) is 2.05. The van der Waals surface area contributed by atoms with Gasteiger partial charge in [-0.15, -0.1) is 0 Å². The highest BCUT2D eigenvalue weighted by Gasteiger charge is 2.24. The van der Waals surface area contributed by atoms with Crippen molar-refractivity contribution in [2.24, 2.45) is 0 Å². The van der Waals surface area contributed by atoms with Crippen LogP contribution >= 0.6 is 11.6 Å². The van der Waals surface area contributed by atoms with Gasteiger partial charge in [-0.2, -0.15) is 0 Å². The highest BCUT2D eigenvalue weighted by atomic mass is 35.5. The van der Waals surface area contributed by atoms with Gasteiger partial charge in [0, 0.05) is 25.7 Å². The number of imidazole rings is 1. The Hall–Kier alpha value is -2.57. The van der Waals surface area contributed by atoms with Gasteiger partial charge in [-0.25, -0.2) is 9.78 Å². The van der Waals surface area contributed by atoms with E-state index in [9.17, 15) is 9.90 Å². The van der Waals surface area contributed by atoms with Crippen molar-refractivity contribution < 1.29 is 14.6 Å². The predicted molar refractivity (Wildman–Crippen MR) is 118 cm³/mol. The molecule has 1 aromatic heterocycles. The molecule has 0 atom stereocenters. The molecule has 0 radical (unpaired) electrons. The van der Waals surface area contributed by atoms with E-state index in [1.165, 1.54) is 5.56 Å². The SMILES string of the molecule is CCOc1cc(CN2CCC(n3c(C)nc4cc(C(=O)O)ccc43)CC2)ccc1Cl. The monoisotopic (exact) mass is 427 g/mol. The minimum atomic E-state index is -0.924. The van der Waals surface area contributed by atoms with Gasteiger partial charge in [0.1, 0.15) is 11.6 Å². The number of hydrogen-bond acceptors (Lipinski definition) is 4. The van der Waals surface area contributed by atoms with Crippen molar-refractivity contribution in [1.82, 2.24) is 14.5 Å². The number of hydrogen-bond donors (Lipinski definition) is 1. The number of likely N-dealkylation sites (tertiary alicyclic amines) is 1. The Balaban J connectivity index is 1.45. The molecule has 1 fully saturated rings. The molecule has 4 rings (SSSR count).